The van der Waals surface area contributed by atoms with Crippen LogP contribution in [0.3, 0.4) is 0 Å². The molecule has 0 aliphatic heterocycles. The number of benzene rings is 1. The van der Waals surface area contributed by atoms with E-state index in [1.807, 2.05) is 0 Å². The fourth-order valence-corrected chi connectivity index (χ4v) is 2.92. The molecule has 0 heterocycles. The average Bonchev–Trinajstić information content (AvgIpc) is 2.29. The van der Waals surface area contributed by atoms with E-state index in [9.17, 15) is 4.39 Å². The Morgan fingerprint density at radius 2 is 1.89 bits per heavy atom. The number of nitrogens with two attached hydrogens (primary N) is 1. The molecule has 2 N–H and O–H groups in total. The van der Waals surface area contributed by atoms with E-state index in [1.165, 1.54) is 18.6 Å². The molecule has 0 aromatic heterocycles. The van der Waals surface area contributed by atoms with Crippen molar-refractivity contribution in [3.05, 3.63) is 29.6 Å². The summed E-state index contributed by atoms with van der Waals surface area (Å²) in [6.07, 6.45) is 3.76. The number of halogens is 1. The first kappa shape index (κ1) is 13.3. The van der Waals surface area contributed by atoms with Crippen molar-refractivity contribution in [3.8, 4) is 0 Å². The highest BCUT2D eigenvalue weighted by Gasteiger charge is 2.24. The highest BCUT2D eigenvalue weighted by molar-refractivity contribution is 5.46. The molecule has 1 aliphatic carbocycles. The van der Waals surface area contributed by atoms with E-state index in [0.717, 1.165) is 18.4 Å². The highest BCUT2D eigenvalue weighted by Crippen LogP contribution is 2.31. The molecule has 0 spiro atoms. The summed E-state index contributed by atoms with van der Waals surface area (Å²) >= 11 is 0. The molecular weight excluding hydrogens is 229 g/mol. The molecule has 2 atom stereocenters. The van der Waals surface area contributed by atoms with Crippen molar-refractivity contribution < 1.29 is 9.13 Å². The summed E-state index contributed by atoms with van der Waals surface area (Å²) in [6.45, 7) is 4.94. The maximum Gasteiger partial charge on any atom is 0.123 e. The molecule has 2 rings (SSSR count). The maximum atomic E-state index is 13.1. The Bertz CT molecular complexity index is 397. The Balaban J connectivity index is 1.92. The van der Waals surface area contributed by atoms with Crippen LogP contribution in [-0.4, -0.2) is 6.10 Å². The van der Waals surface area contributed by atoms with Crippen molar-refractivity contribution in [1.82, 2.24) is 0 Å². The molecule has 1 aromatic rings. The van der Waals surface area contributed by atoms with Crippen LogP contribution in [0.25, 0.3) is 0 Å². The fraction of sp³-hybridized carbons (Fsp3) is 0.600. The molecule has 1 fully saturated rings. The summed E-state index contributed by atoms with van der Waals surface area (Å²) in [4.78, 5) is 0. The first-order valence-electron chi connectivity index (χ1n) is 6.70. The van der Waals surface area contributed by atoms with Gasteiger partial charge in [0.25, 0.3) is 0 Å². The summed E-state index contributed by atoms with van der Waals surface area (Å²) in [5, 5.41) is 0. The zero-order valence-corrected chi connectivity index (χ0v) is 11.2. The van der Waals surface area contributed by atoms with Gasteiger partial charge in [0.2, 0.25) is 0 Å². The predicted molar refractivity (Wildman–Crippen MR) is 71.6 cm³/mol. The predicted octanol–water partition coefficient (Wildman–Crippen LogP) is 3.75. The quantitative estimate of drug-likeness (QED) is 0.830. The van der Waals surface area contributed by atoms with Crippen molar-refractivity contribution in [2.24, 2.45) is 11.8 Å². The third kappa shape index (κ3) is 3.45. The van der Waals surface area contributed by atoms with Crippen LogP contribution in [0.5, 0.6) is 0 Å². The van der Waals surface area contributed by atoms with Crippen LogP contribution < -0.4 is 5.73 Å². The molecule has 0 saturated heterocycles. The zero-order chi connectivity index (χ0) is 13.1. The van der Waals surface area contributed by atoms with Gasteiger partial charge in [-0.3, -0.25) is 0 Å². The van der Waals surface area contributed by atoms with Gasteiger partial charge in [0, 0.05) is 11.3 Å². The summed E-state index contributed by atoms with van der Waals surface area (Å²) < 4.78 is 19.0. The molecule has 1 aromatic carbocycles. The van der Waals surface area contributed by atoms with Crippen LogP contribution in [0.15, 0.2) is 18.2 Å². The Labute approximate surface area is 108 Å². The van der Waals surface area contributed by atoms with E-state index in [4.69, 9.17) is 10.5 Å². The number of hydrogen-bond donors (Lipinski definition) is 1. The van der Waals surface area contributed by atoms with Gasteiger partial charge in [-0.2, -0.15) is 0 Å². The van der Waals surface area contributed by atoms with Gasteiger partial charge in [0.05, 0.1) is 12.7 Å². The topological polar surface area (TPSA) is 35.2 Å². The standard InChI is InChI=1S/C15H22FNO/c1-10-5-11(2)7-14(6-10)18-9-12-8-13(16)3-4-15(12)17/h3-4,8,10-11,14H,5-7,9,17H2,1-2H3. The van der Waals surface area contributed by atoms with Crippen molar-refractivity contribution in [1.29, 1.82) is 0 Å². The normalized spacial score (nSPS) is 28.3. The monoisotopic (exact) mass is 251 g/mol. The average molecular weight is 251 g/mol. The lowest BCUT2D eigenvalue weighted by molar-refractivity contribution is -0.00900. The van der Waals surface area contributed by atoms with Crippen LogP contribution in [0, 0.1) is 17.7 Å². The molecule has 1 aliphatic rings. The Hall–Kier alpha value is -1.09. The number of anilines is 1. The lowest BCUT2D eigenvalue weighted by Crippen LogP contribution is -2.26. The molecule has 0 bridgehead atoms. The van der Waals surface area contributed by atoms with Gasteiger partial charge in [-0.1, -0.05) is 13.8 Å². The summed E-state index contributed by atoms with van der Waals surface area (Å²) in [5.41, 5.74) is 7.17. The molecule has 2 nitrogen and oxygen atoms in total. The molecule has 2 unspecified atom stereocenters. The number of ether oxygens (including phenoxy) is 1. The van der Waals surface area contributed by atoms with Gasteiger partial charge in [0.15, 0.2) is 0 Å². The third-order valence-electron chi connectivity index (χ3n) is 3.71. The Morgan fingerprint density at radius 3 is 2.56 bits per heavy atom. The number of hydrogen-bond acceptors (Lipinski definition) is 2. The van der Waals surface area contributed by atoms with E-state index in [1.54, 1.807) is 6.07 Å². The van der Waals surface area contributed by atoms with Crippen LogP contribution in [0.4, 0.5) is 10.1 Å². The lowest BCUT2D eigenvalue weighted by Gasteiger charge is -2.31. The molecule has 3 heteroatoms. The van der Waals surface area contributed by atoms with E-state index in [-0.39, 0.29) is 11.9 Å². The van der Waals surface area contributed by atoms with E-state index in [0.29, 0.717) is 24.1 Å². The summed E-state index contributed by atoms with van der Waals surface area (Å²) in [7, 11) is 0. The van der Waals surface area contributed by atoms with E-state index < -0.39 is 0 Å². The molecule has 100 valence electrons. The van der Waals surface area contributed by atoms with Crippen molar-refractivity contribution in [2.75, 3.05) is 5.73 Å². The number of rotatable bonds is 3. The minimum Gasteiger partial charge on any atom is -0.398 e. The van der Waals surface area contributed by atoms with Crippen molar-refractivity contribution >= 4 is 5.69 Å². The largest absolute Gasteiger partial charge is 0.398 e. The lowest BCUT2D eigenvalue weighted by atomic mass is 9.82. The third-order valence-corrected chi connectivity index (χ3v) is 3.71. The minimum atomic E-state index is -0.256. The van der Waals surface area contributed by atoms with Gasteiger partial charge in [-0.05, 0) is 49.3 Å². The molecule has 1 saturated carbocycles. The Kier molecular flexibility index (Phi) is 4.23. The van der Waals surface area contributed by atoms with Crippen LogP contribution in [-0.2, 0) is 11.3 Å². The van der Waals surface area contributed by atoms with Gasteiger partial charge in [-0.25, -0.2) is 4.39 Å². The maximum absolute atomic E-state index is 13.1. The highest BCUT2D eigenvalue weighted by atomic mass is 19.1. The van der Waals surface area contributed by atoms with Crippen molar-refractivity contribution in [2.45, 2.75) is 45.8 Å². The molecule has 0 amide bonds. The van der Waals surface area contributed by atoms with Gasteiger partial charge in [0.1, 0.15) is 5.82 Å². The molecule has 18 heavy (non-hydrogen) atoms. The second kappa shape index (κ2) is 5.70. The first-order chi connectivity index (χ1) is 8.54. The first-order valence-corrected chi connectivity index (χ1v) is 6.70. The van der Waals surface area contributed by atoms with Crippen LogP contribution in [0.1, 0.15) is 38.7 Å². The smallest absolute Gasteiger partial charge is 0.123 e. The van der Waals surface area contributed by atoms with Crippen LogP contribution in [0.2, 0.25) is 0 Å². The van der Waals surface area contributed by atoms with Crippen LogP contribution >= 0.6 is 0 Å². The van der Waals surface area contributed by atoms with Gasteiger partial charge >= 0.3 is 0 Å². The van der Waals surface area contributed by atoms with Crippen molar-refractivity contribution in [3.63, 3.8) is 0 Å². The van der Waals surface area contributed by atoms with E-state index >= 15 is 0 Å². The van der Waals surface area contributed by atoms with Gasteiger partial charge < -0.3 is 10.5 Å². The summed E-state index contributed by atoms with van der Waals surface area (Å²) in [5.74, 6) is 1.17. The SMILES string of the molecule is CC1CC(C)CC(OCc2cc(F)ccc2N)C1. The minimum absolute atomic E-state index is 0.256. The fourth-order valence-electron chi connectivity index (χ4n) is 2.92. The van der Waals surface area contributed by atoms with Gasteiger partial charge in [-0.15, -0.1) is 0 Å². The second-order valence-corrected chi connectivity index (χ2v) is 5.69. The molecule has 0 radical (unpaired) electrons. The second-order valence-electron chi connectivity index (χ2n) is 5.69. The zero-order valence-electron chi connectivity index (χ0n) is 11.2. The Morgan fingerprint density at radius 1 is 1.22 bits per heavy atom. The number of nitrogen functional groups attached to an aromatic ring is 1. The van der Waals surface area contributed by atoms with E-state index in [2.05, 4.69) is 13.8 Å². The summed E-state index contributed by atoms with van der Waals surface area (Å²) in [6, 6.07) is 4.44. The molecular formula is C15H22FNO.